The van der Waals surface area contributed by atoms with Gasteiger partial charge in [0.1, 0.15) is 5.82 Å². The van der Waals surface area contributed by atoms with E-state index in [4.69, 9.17) is 0 Å². The molecule has 0 radical (unpaired) electrons. The van der Waals surface area contributed by atoms with Crippen LogP contribution < -0.4 is 10.6 Å². The molecule has 0 unspecified atom stereocenters. The summed E-state index contributed by atoms with van der Waals surface area (Å²) in [5, 5.41) is 5.76. The number of nitrogens with one attached hydrogen (secondary N) is 2. The summed E-state index contributed by atoms with van der Waals surface area (Å²) in [6.45, 7) is 0. The minimum Gasteiger partial charge on any atom is -0.349 e. The first-order valence-electron chi connectivity index (χ1n) is 8.66. The summed E-state index contributed by atoms with van der Waals surface area (Å²) in [7, 11) is 0. The van der Waals surface area contributed by atoms with Crippen molar-refractivity contribution >= 4 is 28.8 Å². The summed E-state index contributed by atoms with van der Waals surface area (Å²) in [6, 6.07) is 16.9. The molecule has 0 spiro atoms. The van der Waals surface area contributed by atoms with E-state index in [-0.39, 0.29) is 23.7 Å². The lowest BCUT2D eigenvalue weighted by Crippen LogP contribution is -2.25. The Morgan fingerprint density at radius 1 is 0.963 bits per heavy atom. The number of carbonyl (C=O) groups is 2. The van der Waals surface area contributed by atoms with Gasteiger partial charge in [-0.15, -0.1) is 11.3 Å². The molecule has 1 fully saturated rings. The smallest absolute Gasteiger partial charge is 0.265 e. The van der Waals surface area contributed by atoms with Crippen molar-refractivity contribution in [3.05, 3.63) is 76.9 Å². The molecule has 1 heterocycles. The second-order valence-electron chi connectivity index (χ2n) is 6.45. The zero-order valence-corrected chi connectivity index (χ0v) is 15.2. The Morgan fingerprint density at radius 2 is 1.74 bits per heavy atom. The lowest BCUT2D eigenvalue weighted by atomic mass is 10.2. The van der Waals surface area contributed by atoms with Gasteiger partial charge in [-0.05, 0) is 60.9 Å². The largest absolute Gasteiger partial charge is 0.349 e. The number of thiophene rings is 1. The van der Waals surface area contributed by atoms with Gasteiger partial charge in [-0.1, -0.05) is 18.2 Å². The van der Waals surface area contributed by atoms with E-state index in [1.54, 1.807) is 42.5 Å². The molecule has 4 rings (SSSR count). The Hall–Kier alpha value is -2.99. The van der Waals surface area contributed by atoms with Crippen molar-refractivity contribution in [3.63, 3.8) is 0 Å². The van der Waals surface area contributed by atoms with Crippen molar-refractivity contribution in [3.8, 4) is 10.4 Å². The maximum absolute atomic E-state index is 13.1. The number of halogens is 1. The van der Waals surface area contributed by atoms with Crippen molar-refractivity contribution < 1.29 is 14.0 Å². The Bertz CT molecular complexity index is 993. The average Bonchev–Trinajstić information content (AvgIpc) is 3.34. The van der Waals surface area contributed by atoms with Crippen LogP contribution in [-0.4, -0.2) is 17.9 Å². The summed E-state index contributed by atoms with van der Waals surface area (Å²) in [5.41, 5.74) is 1.96. The van der Waals surface area contributed by atoms with Crippen LogP contribution in [0.3, 0.4) is 0 Å². The van der Waals surface area contributed by atoms with Crippen molar-refractivity contribution in [2.24, 2.45) is 0 Å². The summed E-state index contributed by atoms with van der Waals surface area (Å²) in [4.78, 5) is 26.1. The number of carbonyl (C=O) groups excluding carboxylic acids is 2. The molecule has 6 heteroatoms. The molecule has 136 valence electrons. The van der Waals surface area contributed by atoms with Crippen LogP contribution in [0.25, 0.3) is 10.4 Å². The van der Waals surface area contributed by atoms with E-state index in [2.05, 4.69) is 10.6 Å². The van der Waals surface area contributed by atoms with Gasteiger partial charge in [0.25, 0.3) is 11.8 Å². The summed E-state index contributed by atoms with van der Waals surface area (Å²) in [6.07, 6.45) is 2.05. The van der Waals surface area contributed by atoms with E-state index in [0.717, 1.165) is 23.3 Å². The van der Waals surface area contributed by atoms with Gasteiger partial charge in [-0.25, -0.2) is 4.39 Å². The Balaban J connectivity index is 1.46. The van der Waals surface area contributed by atoms with E-state index in [1.165, 1.54) is 23.5 Å². The molecule has 0 saturated heterocycles. The Morgan fingerprint density at radius 3 is 2.48 bits per heavy atom. The molecule has 2 aromatic carbocycles. The van der Waals surface area contributed by atoms with E-state index in [1.807, 2.05) is 6.07 Å². The predicted octanol–water partition coefficient (Wildman–Crippen LogP) is 4.70. The van der Waals surface area contributed by atoms with Gasteiger partial charge in [-0.3, -0.25) is 9.59 Å². The van der Waals surface area contributed by atoms with Crippen molar-refractivity contribution in [2.45, 2.75) is 18.9 Å². The van der Waals surface area contributed by atoms with Crippen LogP contribution in [0.15, 0.2) is 60.7 Å². The maximum Gasteiger partial charge on any atom is 0.265 e. The standard InChI is InChI=1S/C21H17FN2O2S/c22-15-6-4-13(5-7-15)18-10-11-19(27-18)21(26)24-17-3-1-2-14(12-17)20(25)23-16-8-9-16/h1-7,10-12,16H,8-9H2,(H,23,25)(H,24,26). The van der Waals surface area contributed by atoms with Gasteiger partial charge >= 0.3 is 0 Å². The van der Waals surface area contributed by atoms with Crippen molar-refractivity contribution in [1.82, 2.24) is 5.32 Å². The van der Waals surface area contributed by atoms with Gasteiger partial charge in [0.15, 0.2) is 0 Å². The molecular weight excluding hydrogens is 363 g/mol. The molecule has 0 atom stereocenters. The highest BCUT2D eigenvalue weighted by atomic mass is 32.1. The zero-order chi connectivity index (χ0) is 18.8. The summed E-state index contributed by atoms with van der Waals surface area (Å²) in [5.74, 6) is -0.657. The predicted molar refractivity (Wildman–Crippen MR) is 105 cm³/mol. The normalized spacial score (nSPS) is 13.2. The van der Waals surface area contributed by atoms with Crippen LogP contribution in [0.1, 0.15) is 32.9 Å². The maximum atomic E-state index is 13.1. The number of hydrogen-bond donors (Lipinski definition) is 2. The lowest BCUT2D eigenvalue weighted by Gasteiger charge is -2.07. The molecule has 1 saturated carbocycles. The molecule has 27 heavy (non-hydrogen) atoms. The second-order valence-corrected chi connectivity index (χ2v) is 7.54. The van der Waals surface area contributed by atoms with E-state index in [9.17, 15) is 14.0 Å². The number of rotatable bonds is 5. The molecular formula is C21H17FN2O2S. The summed E-state index contributed by atoms with van der Waals surface area (Å²) < 4.78 is 13.1. The van der Waals surface area contributed by atoms with E-state index >= 15 is 0 Å². The van der Waals surface area contributed by atoms with E-state index < -0.39 is 0 Å². The zero-order valence-electron chi connectivity index (χ0n) is 14.4. The highest BCUT2D eigenvalue weighted by Crippen LogP contribution is 2.29. The van der Waals surface area contributed by atoms with Crippen LogP contribution in [0.4, 0.5) is 10.1 Å². The highest BCUT2D eigenvalue weighted by molar-refractivity contribution is 7.17. The minimum absolute atomic E-state index is 0.122. The number of hydrogen-bond acceptors (Lipinski definition) is 3. The topological polar surface area (TPSA) is 58.2 Å². The quantitative estimate of drug-likeness (QED) is 0.674. The van der Waals surface area contributed by atoms with Gasteiger partial charge in [0, 0.05) is 22.2 Å². The molecule has 1 aliphatic rings. The Labute approximate surface area is 160 Å². The Kier molecular flexibility index (Phi) is 4.73. The van der Waals surface area contributed by atoms with Crippen molar-refractivity contribution in [2.75, 3.05) is 5.32 Å². The minimum atomic E-state index is -0.293. The summed E-state index contributed by atoms with van der Waals surface area (Å²) >= 11 is 1.33. The molecule has 0 aliphatic heterocycles. The van der Waals surface area contributed by atoms with Crippen LogP contribution in [0, 0.1) is 5.82 Å². The molecule has 1 aromatic heterocycles. The third-order valence-electron chi connectivity index (χ3n) is 4.25. The first-order chi connectivity index (χ1) is 13.1. The van der Waals surface area contributed by atoms with Gasteiger partial charge in [0.2, 0.25) is 0 Å². The first-order valence-corrected chi connectivity index (χ1v) is 9.48. The third-order valence-corrected chi connectivity index (χ3v) is 5.39. The van der Waals surface area contributed by atoms with Gasteiger partial charge in [-0.2, -0.15) is 0 Å². The van der Waals surface area contributed by atoms with Crippen molar-refractivity contribution in [1.29, 1.82) is 0 Å². The van der Waals surface area contributed by atoms with Gasteiger partial charge < -0.3 is 10.6 Å². The van der Waals surface area contributed by atoms with Gasteiger partial charge in [0.05, 0.1) is 4.88 Å². The van der Waals surface area contributed by atoms with Crippen LogP contribution >= 0.6 is 11.3 Å². The first kappa shape index (κ1) is 17.4. The molecule has 3 aromatic rings. The molecule has 4 nitrogen and oxygen atoms in total. The monoisotopic (exact) mass is 380 g/mol. The number of anilines is 1. The molecule has 1 aliphatic carbocycles. The number of amides is 2. The van der Waals surface area contributed by atoms with Crippen LogP contribution in [0.2, 0.25) is 0 Å². The number of benzene rings is 2. The fraction of sp³-hybridized carbons (Fsp3) is 0.143. The fourth-order valence-electron chi connectivity index (χ4n) is 2.66. The average molecular weight is 380 g/mol. The molecule has 2 amide bonds. The molecule has 0 bridgehead atoms. The second kappa shape index (κ2) is 7.32. The third kappa shape index (κ3) is 4.23. The lowest BCUT2D eigenvalue weighted by molar-refractivity contribution is 0.0949. The van der Waals surface area contributed by atoms with Crippen LogP contribution in [0.5, 0.6) is 0 Å². The van der Waals surface area contributed by atoms with Crippen LogP contribution in [-0.2, 0) is 0 Å². The SMILES string of the molecule is O=C(NC1CC1)c1cccc(NC(=O)c2ccc(-c3ccc(F)cc3)s2)c1. The molecule has 2 N–H and O–H groups in total. The highest BCUT2D eigenvalue weighted by Gasteiger charge is 2.23. The van der Waals surface area contributed by atoms with E-state index in [0.29, 0.717) is 16.1 Å². The fourth-order valence-corrected chi connectivity index (χ4v) is 3.56.